The molecular weight excluding hydrogens is 486 g/mol. The number of thiophene rings is 1. The molecule has 154 valence electrons. The second kappa shape index (κ2) is 12.4. The molecule has 2 N–H and O–H groups in total. The second-order valence-electron chi connectivity index (χ2n) is 7.06. The van der Waals surface area contributed by atoms with E-state index in [9.17, 15) is 4.39 Å². The smallest absolute Gasteiger partial charge is 0.191 e. The van der Waals surface area contributed by atoms with E-state index >= 15 is 0 Å². The van der Waals surface area contributed by atoms with E-state index in [0.29, 0.717) is 6.04 Å². The molecule has 0 bridgehead atoms. The zero-order chi connectivity index (χ0) is 18.9. The van der Waals surface area contributed by atoms with Crippen LogP contribution in [0.25, 0.3) is 0 Å². The summed E-state index contributed by atoms with van der Waals surface area (Å²) < 4.78 is 13.2. The molecule has 2 heterocycles. The lowest BCUT2D eigenvalue weighted by Crippen LogP contribution is -2.48. The van der Waals surface area contributed by atoms with Crippen molar-refractivity contribution in [3.63, 3.8) is 0 Å². The van der Waals surface area contributed by atoms with Gasteiger partial charge in [0.15, 0.2) is 5.96 Å². The molecule has 1 fully saturated rings. The molecule has 1 aromatic carbocycles. The normalized spacial score (nSPS) is 15.9. The number of guanidine groups is 1. The lowest BCUT2D eigenvalue weighted by atomic mass is 10.0. The zero-order valence-electron chi connectivity index (χ0n) is 16.4. The quantitative estimate of drug-likeness (QED) is 0.250. The Morgan fingerprint density at radius 1 is 1.25 bits per heavy atom. The lowest BCUT2D eigenvalue weighted by Gasteiger charge is -2.32. The van der Waals surface area contributed by atoms with Crippen LogP contribution in [0.3, 0.4) is 0 Å². The number of hydrogen-bond donors (Lipinski definition) is 2. The first kappa shape index (κ1) is 23.1. The van der Waals surface area contributed by atoms with Crippen LogP contribution in [0.4, 0.5) is 4.39 Å². The molecule has 0 amide bonds. The van der Waals surface area contributed by atoms with E-state index in [2.05, 4.69) is 37.4 Å². The number of hydrogen-bond acceptors (Lipinski definition) is 3. The van der Waals surface area contributed by atoms with E-state index in [4.69, 9.17) is 0 Å². The fourth-order valence-corrected chi connectivity index (χ4v) is 4.12. The maximum atomic E-state index is 13.2. The van der Waals surface area contributed by atoms with Crippen molar-refractivity contribution in [2.45, 2.75) is 38.3 Å². The van der Waals surface area contributed by atoms with Crippen LogP contribution in [-0.2, 0) is 13.0 Å². The summed E-state index contributed by atoms with van der Waals surface area (Å²) in [5, 5.41) is 11.3. The Labute approximate surface area is 188 Å². The van der Waals surface area contributed by atoms with Crippen LogP contribution in [-0.4, -0.2) is 43.6 Å². The van der Waals surface area contributed by atoms with E-state index in [1.54, 1.807) is 23.5 Å². The molecule has 0 radical (unpaired) electrons. The topological polar surface area (TPSA) is 39.7 Å². The van der Waals surface area contributed by atoms with Gasteiger partial charge >= 0.3 is 0 Å². The summed E-state index contributed by atoms with van der Waals surface area (Å²) in [6.07, 6.45) is 4.08. The van der Waals surface area contributed by atoms with Crippen molar-refractivity contribution in [1.29, 1.82) is 0 Å². The first-order chi connectivity index (χ1) is 13.2. The SMILES string of the molecule is CN=C(NCCCc1cccc(F)c1)NC1CCN(Cc2ccsc2)CC1.I. The maximum absolute atomic E-state index is 13.2. The van der Waals surface area contributed by atoms with Gasteiger partial charge in [-0.25, -0.2) is 4.39 Å². The first-order valence-electron chi connectivity index (χ1n) is 9.68. The van der Waals surface area contributed by atoms with Crippen molar-refractivity contribution in [3.8, 4) is 0 Å². The average Bonchev–Trinajstić information content (AvgIpc) is 3.19. The molecule has 0 saturated carbocycles. The average molecular weight is 516 g/mol. The second-order valence-corrected chi connectivity index (χ2v) is 7.84. The molecule has 1 aromatic heterocycles. The molecule has 1 aliphatic heterocycles. The molecule has 4 nitrogen and oxygen atoms in total. The van der Waals surface area contributed by atoms with Crippen LogP contribution in [0.1, 0.15) is 30.4 Å². The molecule has 0 unspecified atom stereocenters. The van der Waals surface area contributed by atoms with Gasteiger partial charge in [0.25, 0.3) is 0 Å². The Balaban J connectivity index is 0.00000280. The highest BCUT2D eigenvalue weighted by Crippen LogP contribution is 2.15. The summed E-state index contributed by atoms with van der Waals surface area (Å²) in [7, 11) is 1.81. The molecule has 28 heavy (non-hydrogen) atoms. The Morgan fingerprint density at radius 3 is 2.75 bits per heavy atom. The standard InChI is InChI=1S/C21H29FN4S.HI/c1-23-21(24-10-3-5-17-4-2-6-19(22)14-17)25-20-7-11-26(12-8-20)15-18-9-13-27-16-18;/h2,4,6,9,13-14,16,20H,3,5,7-8,10-12,15H2,1H3,(H2,23,24,25);1H. The molecule has 7 heteroatoms. The third-order valence-electron chi connectivity index (χ3n) is 4.96. The monoisotopic (exact) mass is 516 g/mol. The highest BCUT2D eigenvalue weighted by atomic mass is 127. The summed E-state index contributed by atoms with van der Waals surface area (Å²) in [4.78, 5) is 6.87. The van der Waals surface area contributed by atoms with Crippen molar-refractivity contribution >= 4 is 41.3 Å². The highest BCUT2D eigenvalue weighted by Gasteiger charge is 2.20. The van der Waals surface area contributed by atoms with Crippen molar-refractivity contribution in [3.05, 3.63) is 58.0 Å². The first-order valence-corrected chi connectivity index (χ1v) is 10.6. The zero-order valence-corrected chi connectivity index (χ0v) is 19.5. The van der Waals surface area contributed by atoms with Crippen LogP contribution in [0, 0.1) is 5.82 Å². The van der Waals surface area contributed by atoms with Crippen molar-refractivity contribution in [2.75, 3.05) is 26.7 Å². The minimum atomic E-state index is -0.164. The van der Waals surface area contributed by atoms with Gasteiger partial charge in [-0.15, -0.1) is 24.0 Å². The van der Waals surface area contributed by atoms with Gasteiger partial charge in [-0.2, -0.15) is 11.3 Å². The minimum absolute atomic E-state index is 0. The van der Waals surface area contributed by atoms with E-state index in [1.165, 1.54) is 11.6 Å². The van der Waals surface area contributed by atoms with Gasteiger partial charge in [-0.1, -0.05) is 12.1 Å². The number of aliphatic imine (C=N–C) groups is 1. The van der Waals surface area contributed by atoms with Crippen LogP contribution in [0.15, 0.2) is 46.1 Å². The molecule has 1 saturated heterocycles. The number of nitrogens with zero attached hydrogens (tertiary/aromatic N) is 2. The number of nitrogens with one attached hydrogen (secondary N) is 2. The predicted octanol–water partition coefficient (Wildman–Crippen LogP) is 4.27. The highest BCUT2D eigenvalue weighted by molar-refractivity contribution is 14.0. The van der Waals surface area contributed by atoms with E-state index in [0.717, 1.165) is 63.4 Å². The van der Waals surface area contributed by atoms with Crippen LogP contribution in [0.2, 0.25) is 0 Å². The van der Waals surface area contributed by atoms with Crippen LogP contribution < -0.4 is 10.6 Å². The fourth-order valence-electron chi connectivity index (χ4n) is 3.46. The number of halogens is 2. The summed E-state index contributed by atoms with van der Waals surface area (Å²) in [5.41, 5.74) is 2.46. The fraction of sp³-hybridized carbons (Fsp3) is 0.476. The maximum Gasteiger partial charge on any atom is 0.191 e. The molecular formula is C21H30FIN4S. The summed E-state index contributed by atoms with van der Waals surface area (Å²) in [6, 6.07) is 9.52. The number of rotatable bonds is 7. The van der Waals surface area contributed by atoms with Crippen molar-refractivity contribution in [2.24, 2.45) is 4.99 Å². The number of piperidine rings is 1. The lowest BCUT2D eigenvalue weighted by molar-refractivity contribution is 0.198. The molecule has 0 aliphatic carbocycles. The molecule has 1 aliphatic rings. The third kappa shape index (κ3) is 7.67. The third-order valence-corrected chi connectivity index (χ3v) is 5.69. The van der Waals surface area contributed by atoms with Gasteiger partial charge in [0.2, 0.25) is 0 Å². The van der Waals surface area contributed by atoms with E-state index in [1.807, 2.05) is 13.1 Å². The Kier molecular flexibility index (Phi) is 10.2. The van der Waals surface area contributed by atoms with E-state index < -0.39 is 0 Å². The van der Waals surface area contributed by atoms with Gasteiger partial charge in [0, 0.05) is 39.3 Å². The predicted molar refractivity (Wildman–Crippen MR) is 127 cm³/mol. The molecule has 3 rings (SSSR count). The van der Waals surface area contributed by atoms with Gasteiger partial charge in [-0.3, -0.25) is 9.89 Å². The summed E-state index contributed by atoms with van der Waals surface area (Å²) >= 11 is 1.77. The van der Waals surface area contributed by atoms with Gasteiger partial charge < -0.3 is 10.6 Å². The number of benzene rings is 1. The molecule has 0 spiro atoms. The van der Waals surface area contributed by atoms with Gasteiger partial charge in [0.05, 0.1) is 0 Å². The Hall–Kier alpha value is -1.19. The van der Waals surface area contributed by atoms with Gasteiger partial charge in [0.1, 0.15) is 5.82 Å². The Bertz CT molecular complexity index is 715. The summed E-state index contributed by atoms with van der Waals surface area (Å²) in [6.45, 7) is 4.12. The van der Waals surface area contributed by atoms with Gasteiger partial charge in [-0.05, 0) is 65.8 Å². The molecule has 2 aromatic rings. The largest absolute Gasteiger partial charge is 0.356 e. The van der Waals surface area contributed by atoms with Crippen molar-refractivity contribution < 1.29 is 4.39 Å². The Morgan fingerprint density at radius 2 is 2.07 bits per heavy atom. The molecule has 0 atom stereocenters. The number of likely N-dealkylation sites (tertiary alicyclic amines) is 1. The van der Waals surface area contributed by atoms with Crippen LogP contribution in [0.5, 0.6) is 0 Å². The summed E-state index contributed by atoms with van der Waals surface area (Å²) in [5.74, 6) is 0.703. The van der Waals surface area contributed by atoms with Crippen molar-refractivity contribution in [1.82, 2.24) is 15.5 Å². The van der Waals surface area contributed by atoms with Crippen LogP contribution >= 0.6 is 35.3 Å². The minimum Gasteiger partial charge on any atom is -0.356 e. The van der Waals surface area contributed by atoms with E-state index in [-0.39, 0.29) is 29.8 Å². The number of aryl methyl sites for hydroxylation is 1.